The fourth-order valence-corrected chi connectivity index (χ4v) is 4.54. The lowest BCUT2D eigenvalue weighted by atomic mass is 9.83. The summed E-state index contributed by atoms with van der Waals surface area (Å²) in [6, 6.07) is 13.7. The number of thioether (sulfide) groups is 1. The first-order valence-electron chi connectivity index (χ1n) is 8.53. The maximum absolute atomic E-state index is 5.96. The largest absolute Gasteiger partial charge is 0.379 e. The van der Waals surface area contributed by atoms with Gasteiger partial charge >= 0.3 is 0 Å². The van der Waals surface area contributed by atoms with Crippen LogP contribution in [0.1, 0.15) is 39.3 Å². The Hall–Kier alpha value is -1.74. The third-order valence-electron chi connectivity index (χ3n) is 4.94. The number of amidine groups is 1. The van der Waals surface area contributed by atoms with Crippen molar-refractivity contribution in [1.29, 1.82) is 0 Å². The number of benzene rings is 2. The molecule has 2 unspecified atom stereocenters. The maximum Gasteiger partial charge on any atom is 0.154 e. The van der Waals surface area contributed by atoms with E-state index in [0.29, 0.717) is 5.92 Å². The molecule has 0 aliphatic carbocycles. The molecule has 2 aromatic rings. The zero-order valence-electron chi connectivity index (χ0n) is 15.0. The van der Waals surface area contributed by atoms with E-state index in [-0.39, 0.29) is 6.04 Å². The Balaban J connectivity index is 2.00. The zero-order chi connectivity index (χ0) is 17.3. The Bertz CT molecular complexity index is 759. The Labute approximate surface area is 149 Å². The first-order chi connectivity index (χ1) is 11.4. The van der Waals surface area contributed by atoms with Crippen molar-refractivity contribution in [3.8, 4) is 0 Å². The van der Waals surface area contributed by atoms with Gasteiger partial charge in [-0.1, -0.05) is 59.3 Å². The van der Waals surface area contributed by atoms with E-state index >= 15 is 0 Å². The number of nitrogens with zero attached hydrogens (tertiary/aromatic N) is 1. The Morgan fingerprint density at radius 1 is 1.12 bits per heavy atom. The monoisotopic (exact) mass is 338 g/mol. The molecular weight excluding hydrogens is 312 g/mol. The molecule has 2 atom stereocenters. The van der Waals surface area contributed by atoms with Crippen LogP contribution in [0.3, 0.4) is 0 Å². The number of nitrogens with two attached hydrogens (primary N) is 1. The van der Waals surface area contributed by atoms with Gasteiger partial charge in [0.1, 0.15) is 0 Å². The first kappa shape index (κ1) is 17.1. The SMILES string of the molecule is Cc1cc(C)cc(CC(c2cccc(C)c2C)C2CSC(N)=N2)c1. The molecule has 0 spiro atoms. The lowest BCUT2D eigenvalue weighted by Gasteiger charge is -2.24. The van der Waals surface area contributed by atoms with Crippen LogP contribution in [-0.4, -0.2) is 17.0 Å². The normalized spacial score (nSPS) is 18.5. The van der Waals surface area contributed by atoms with Crippen LogP contribution in [0.4, 0.5) is 0 Å². The quantitative estimate of drug-likeness (QED) is 0.879. The minimum atomic E-state index is 0.260. The van der Waals surface area contributed by atoms with Crippen LogP contribution in [-0.2, 0) is 6.42 Å². The van der Waals surface area contributed by atoms with Crippen LogP contribution < -0.4 is 5.73 Å². The molecule has 2 aromatic carbocycles. The van der Waals surface area contributed by atoms with Gasteiger partial charge < -0.3 is 5.73 Å². The Morgan fingerprint density at radius 3 is 2.46 bits per heavy atom. The topological polar surface area (TPSA) is 38.4 Å². The zero-order valence-corrected chi connectivity index (χ0v) is 15.8. The van der Waals surface area contributed by atoms with Crippen LogP contribution in [0.25, 0.3) is 0 Å². The van der Waals surface area contributed by atoms with Crippen molar-refractivity contribution in [1.82, 2.24) is 0 Å². The predicted molar refractivity (Wildman–Crippen MR) is 106 cm³/mol. The summed E-state index contributed by atoms with van der Waals surface area (Å²) in [6.45, 7) is 8.76. The molecule has 0 fully saturated rings. The van der Waals surface area contributed by atoms with Crippen molar-refractivity contribution in [2.24, 2.45) is 10.7 Å². The molecule has 2 N–H and O–H groups in total. The maximum atomic E-state index is 5.96. The highest BCUT2D eigenvalue weighted by atomic mass is 32.2. The summed E-state index contributed by atoms with van der Waals surface area (Å²) in [5, 5.41) is 0.732. The number of hydrogen-bond acceptors (Lipinski definition) is 3. The molecule has 3 heteroatoms. The highest BCUT2D eigenvalue weighted by molar-refractivity contribution is 8.14. The second-order valence-electron chi connectivity index (χ2n) is 6.94. The molecule has 0 saturated heterocycles. The Morgan fingerprint density at radius 2 is 1.83 bits per heavy atom. The van der Waals surface area contributed by atoms with E-state index < -0.39 is 0 Å². The second-order valence-corrected chi connectivity index (χ2v) is 7.98. The van der Waals surface area contributed by atoms with Crippen molar-refractivity contribution in [2.45, 2.75) is 46.1 Å². The summed E-state index contributed by atoms with van der Waals surface area (Å²) in [5.74, 6) is 1.36. The van der Waals surface area contributed by atoms with Gasteiger partial charge in [-0.15, -0.1) is 0 Å². The predicted octanol–water partition coefficient (Wildman–Crippen LogP) is 4.68. The van der Waals surface area contributed by atoms with Gasteiger partial charge in [0.15, 0.2) is 5.17 Å². The fourth-order valence-electron chi connectivity index (χ4n) is 3.68. The van der Waals surface area contributed by atoms with E-state index in [0.717, 1.165) is 17.3 Å². The molecule has 1 aliphatic rings. The van der Waals surface area contributed by atoms with Crippen molar-refractivity contribution < 1.29 is 0 Å². The number of aryl methyl sites for hydroxylation is 3. The molecule has 2 nitrogen and oxygen atoms in total. The van der Waals surface area contributed by atoms with Gasteiger partial charge in [0.05, 0.1) is 6.04 Å². The fraction of sp³-hybridized carbons (Fsp3) is 0.381. The minimum Gasteiger partial charge on any atom is -0.379 e. The highest BCUT2D eigenvalue weighted by Crippen LogP contribution is 2.34. The molecule has 0 aromatic heterocycles. The third-order valence-corrected chi connectivity index (χ3v) is 5.85. The van der Waals surface area contributed by atoms with E-state index in [1.165, 1.54) is 33.4 Å². The minimum absolute atomic E-state index is 0.260. The van der Waals surface area contributed by atoms with Crippen LogP contribution in [0, 0.1) is 27.7 Å². The van der Waals surface area contributed by atoms with Crippen LogP contribution in [0.5, 0.6) is 0 Å². The van der Waals surface area contributed by atoms with Gasteiger partial charge in [0.25, 0.3) is 0 Å². The summed E-state index contributed by atoms with van der Waals surface area (Å²) in [5.41, 5.74) is 14.2. The molecule has 24 heavy (non-hydrogen) atoms. The van der Waals surface area contributed by atoms with Crippen LogP contribution >= 0.6 is 11.8 Å². The third kappa shape index (κ3) is 3.67. The van der Waals surface area contributed by atoms with Gasteiger partial charge in [0.2, 0.25) is 0 Å². The second kappa shape index (κ2) is 7.02. The van der Waals surface area contributed by atoms with Gasteiger partial charge in [-0.25, -0.2) is 0 Å². The van der Waals surface area contributed by atoms with Gasteiger partial charge in [0, 0.05) is 11.7 Å². The molecule has 1 heterocycles. The van der Waals surface area contributed by atoms with Gasteiger partial charge in [-0.2, -0.15) is 0 Å². The van der Waals surface area contributed by atoms with Crippen molar-refractivity contribution in [3.05, 3.63) is 69.8 Å². The average molecular weight is 339 g/mol. The van der Waals surface area contributed by atoms with Crippen LogP contribution in [0.15, 0.2) is 41.4 Å². The van der Waals surface area contributed by atoms with Crippen molar-refractivity contribution in [2.75, 3.05) is 5.75 Å². The molecule has 0 amide bonds. The summed E-state index contributed by atoms with van der Waals surface area (Å²) in [7, 11) is 0. The molecule has 0 radical (unpaired) electrons. The van der Waals surface area contributed by atoms with E-state index in [1.807, 2.05) is 0 Å². The number of hydrogen-bond donors (Lipinski definition) is 1. The summed E-state index contributed by atoms with van der Waals surface area (Å²) >= 11 is 1.68. The molecular formula is C21H26N2S. The number of aliphatic imine (C=N–C) groups is 1. The molecule has 126 valence electrons. The van der Waals surface area contributed by atoms with E-state index in [4.69, 9.17) is 10.7 Å². The summed E-state index contributed by atoms with van der Waals surface area (Å²) in [6.07, 6.45) is 1.01. The Kier molecular flexibility index (Phi) is 5.00. The smallest absolute Gasteiger partial charge is 0.154 e. The summed E-state index contributed by atoms with van der Waals surface area (Å²) in [4.78, 5) is 4.73. The lowest BCUT2D eigenvalue weighted by Crippen LogP contribution is -2.21. The molecule has 1 aliphatic heterocycles. The van der Waals surface area contributed by atoms with Crippen molar-refractivity contribution in [3.63, 3.8) is 0 Å². The highest BCUT2D eigenvalue weighted by Gasteiger charge is 2.29. The van der Waals surface area contributed by atoms with Crippen LogP contribution in [0.2, 0.25) is 0 Å². The summed E-state index contributed by atoms with van der Waals surface area (Å²) < 4.78 is 0. The average Bonchev–Trinajstić information content (AvgIpc) is 2.93. The van der Waals surface area contributed by atoms with Gasteiger partial charge in [-0.05, 0) is 56.4 Å². The molecule has 3 rings (SSSR count). The lowest BCUT2D eigenvalue weighted by molar-refractivity contribution is 0.576. The molecule has 0 saturated carbocycles. The number of rotatable bonds is 4. The first-order valence-corrected chi connectivity index (χ1v) is 9.52. The standard InChI is InChI=1S/C21H26N2S/c1-13-8-14(2)10-17(9-13)11-19(20-12-24-21(22)23-20)18-7-5-6-15(3)16(18)4/h5-10,19-20H,11-12H2,1-4H3,(H2,22,23). The van der Waals surface area contributed by atoms with E-state index in [1.54, 1.807) is 11.8 Å². The molecule has 0 bridgehead atoms. The van der Waals surface area contributed by atoms with E-state index in [2.05, 4.69) is 64.1 Å². The van der Waals surface area contributed by atoms with Crippen molar-refractivity contribution >= 4 is 16.9 Å². The van der Waals surface area contributed by atoms with E-state index in [9.17, 15) is 0 Å². The van der Waals surface area contributed by atoms with Gasteiger partial charge in [-0.3, -0.25) is 4.99 Å².